The van der Waals surface area contributed by atoms with Gasteiger partial charge in [-0.1, -0.05) is 6.92 Å². The molecule has 1 aliphatic rings. The quantitative estimate of drug-likeness (QED) is 0.702. The lowest BCUT2D eigenvalue weighted by atomic mass is 9.89. The fraction of sp³-hybridized carbons (Fsp3) is 0.556. The van der Waals surface area contributed by atoms with Crippen LogP contribution < -0.4 is 5.69 Å². The number of aryl methyl sites for hydroxylation is 1. The van der Waals surface area contributed by atoms with E-state index in [2.05, 4.69) is 17.0 Å². The van der Waals surface area contributed by atoms with Crippen LogP contribution in [0.1, 0.15) is 37.6 Å². The molecular formula is C18H23N5O2S. The minimum Gasteiger partial charge on any atom is -0.342 e. The summed E-state index contributed by atoms with van der Waals surface area (Å²) in [6.07, 6.45) is 4.74. The van der Waals surface area contributed by atoms with Crippen molar-refractivity contribution in [2.75, 3.05) is 13.1 Å². The lowest BCUT2D eigenvalue weighted by Crippen LogP contribution is -2.36. The van der Waals surface area contributed by atoms with Crippen molar-refractivity contribution in [2.24, 2.45) is 5.92 Å². The van der Waals surface area contributed by atoms with Crippen LogP contribution in [0.3, 0.4) is 0 Å². The zero-order chi connectivity index (χ0) is 18.4. The number of carbonyl (C=O) groups is 1. The van der Waals surface area contributed by atoms with E-state index in [0.717, 1.165) is 29.5 Å². The van der Waals surface area contributed by atoms with Gasteiger partial charge in [-0.25, -0.2) is 18.9 Å². The summed E-state index contributed by atoms with van der Waals surface area (Å²) in [5, 5.41) is 5.51. The van der Waals surface area contributed by atoms with Gasteiger partial charge in [-0.2, -0.15) is 0 Å². The monoisotopic (exact) mass is 373 g/mol. The molecule has 3 heterocycles. The van der Waals surface area contributed by atoms with Gasteiger partial charge in [0, 0.05) is 18.0 Å². The number of likely N-dealkylation sites (N-methyl/N-ethyl adjacent to an activating group) is 1. The minimum atomic E-state index is -0.306. The number of hydrogen-bond donors (Lipinski definition) is 0. The van der Waals surface area contributed by atoms with E-state index >= 15 is 0 Å². The van der Waals surface area contributed by atoms with Crippen LogP contribution >= 0.6 is 11.3 Å². The van der Waals surface area contributed by atoms with Gasteiger partial charge in [-0.05, 0) is 44.6 Å². The maximum Gasteiger partial charge on any atom is 0.352 e. The molecule has 1 atom stereocenters. The topological polar surface area (TPSA) is 72.5 Å². The summed E-state index contributed by atoms with van der Waals surface area (Å²) >= 11 is 1.71. The van der Waals surface area contributed by atoms with Crippen molar-refractivity contribution in [3.8, 4) is 0 Å². The molecule has 7 nitrogen and oxygen atoms in total. The Kier molecular flexibility index (Phi) is 4.30. The first-order valence-corrected chi connectivity index (χ1v) is 10.0. The van der Waals surface area contributed by atoms with Crippen molar-refractivity contribution >= 4 is 33.1 Å². The number of carbonyl (C=O) groups excluding carboxylic acids is 1. The Bertz CT molecular complexity index is 1040. The Morgan fingerprint density at radius 3 is 2.88 bits per heavy atom. The molecule has 0 aromatic carbocycles. The molecule has 3 aromatic rings. The maximum atomic E-state index is 12.7. The lowest BCUT2D eigenvalue weighted by Gasteiger charge is -2.17. The normalized spacial score (nSPS) is 17.0. The molecule has 138 valence electrons. The maximum absolute atomic E-state index is 12.7. The molecule has 0 saturated heterocycles. The van der Waals surface area contributed by atoms with Gasteiger partial charge in [0.2, 0.25) is 5.91 Å². The van der Waals surface area contributed by atoms with E-state index in [0.29, 0.717) is 24.7 Å². The minimum absolute atomic E-state index is 0.0347. The molecule has 8 heteroatoms. The van der Waals surface area contributed by atoms with Crippen molar-refractivity contribution in [1.82, 2.24) is 24.1 Å². The van der Waals surface area contributed by atoms with Crippen LogP contribution in [0.4, 0.5) is 0 Å². The van der Waals surface area contributed by atoms with Crippen molar-refractivity contribution in [1.29, 1.82) is 0 Å². The molecule has 0 bridgehead atoms. The van der Waals surface area contributed by atoms with E-state index in [9.17, 15) is 9.59 Å². The van der Waals surface area contributed by atoms with E-state index in [-0.39, 0.29) is 18.1 Å². The van der Waals surface area contributed by atoms with E-state index in [1.807, 2.05) is 13.8 Å². The van der Waals surface area contributed by atoms with Crippen LogP contribution in [-0.4, -0.2) is 43.1 Å². The standard InChI is InChI=1S/C18H23N5O2S/c1-4-21(5-2)14(24)9-23-18(25)22-10-19-17-15(16(22)20-23)12-7-6-11(3)8-13(12)26-17/h10-11H,4-9H2,1-3H3/t11-/m1/s1. The third-order valence-electron chi connectivity index (χ3n) is 5.28. The number of nitrogens with zero attached hydrogens (tertiary/aromatic N) is 5. The smallest absolute Gasteiger partial charge is 0.342 e. The average Bonchev–Trinajstić information content (AvgIpc) is 3.13. The number of thiophene rings is 1. The fourth-order valence-corrected chi connectivity index (χ4v) is 5.12. The van der Waals surface area contributed by atoms with Gasteiger partial charge >= 0.3 is 5.69 Å². The van der Waals surface area contributed by atoms with Crippen LogP contribution in [0, 0.1) is 5.92 Å². The van der Waals surface area contributed by atoms with Crippen LogP contribution in [0.5, 0.6) is 0 Å². The summed E-state index contributed by atoms with van der Waals surface area (Å²) < 4.78 is 2.75. The van der Waals surface area contributed by atoms with Crippen LogP contribution in [-0.2, 0) is 24.2 Å². The number of fused-ring (bicyclic) bond motifs is 5. The van der Waals surface area contributed by atoms with Crippen LogP contribution in [0.25, 0.3) is 15.9 Å². The Labute approximate surface area is 155 Å². The van der Waals surface area contributed by atoms with Gasteiger partial charge < -0.3 is 4.90 Å². The van der Waals surface area contributed by atoms with Crippen molar-refractivity contribution in [3.05, 3.63) is 27.3 Å². The van der Waals surface area contributed by atoms with Crippen molar-refractivity contribution < 1.29 is 4.79 Å². The van der Waals surface area contributed by atoms with Gasteiger partial charge in [-0.15, -0.1) is 16.4 Å². The second kappa shape index (κ2) is 6.50. The van der Waals surface area contributed by atoms with Gasteiger partial charge in [0.05, 0.1) is 5.39 Å². The van der Waals surface area contributed by atoms with Gasteiger partial charge in [0.25, 0.3) is 0 Å². The van der Waals surface area contributed by atoms with E-state index in [1.165, 1.54) is 25.9 Å². The van der Waals surface area contributed by atoms with E-state index in [4.69, 9.17) is 0 Å². The Hall–Kier alpha value is -2.22. The van der Waals surface area contributed by atoms with E-state index in [1.54, 1.807) is 16.2 Å². The Morgan fingerprint density at radius 2 is 2.15 bits per heavy atom. The zero-order valence-corrected chi connectivity index (χ0v) is 16.2. The first kappa shape index (κ1) is 17.2. The Morgan fingerprint density at radius 1 is 1.38 bits per heavy atom. The molecule has 1 aliphatic carbocycles. The lowest BCUT2D eigenvalue weighted by molar-refractivity contribution is -0.131. The predicted molar refractivity (Wildman–Crippen MR) is 102 cm³/mol. The molecule has 0 fully saturated rings. The molecule has 0 spiro atoms. The number of hydrogen-bond acceptors (Lipinski definition) is 5. The summed E-state index contributed by atoms with van der Waals surface area (Å²) in [6.45, 7) is 7.35. The third kappa shape index (κ3) is 2.63. The molecule has 0 N–H and O–H groups in total. The first-order valence-electron chi connectivity index (χ1n) is 9.19. The van der Waals surface area contributed by atoms with Crippen molar-refractivity contribution in [2.45, 2.75) is 46.6 Å². The molecule has 1 amide bonds. The Balaban J connectivity index is 1.83. The third-order valence-corrected chi connectivity index (χ3v) is 6.44. The molecule has 0 unspecified atom stereocenters. The highest BCUT2D eigenvalue weighted by Crippen LogP contribution is 2.38. The highest BCUT2D eigenvalue weighted by Gasteiger charge is 2.24. The summed E-state index contributed by atoms with van der Waals surface area (Å²) in [5.74, 6) is 0.587. The first-order chi connectivity index (χ1) is 12.5. The molecular weight excluding hydrogens is 350 g/mol. The molecule has 0 saturated carbocycles. The van der Waals surface area contributed by atoms with Crippen molar-refractivity contribution in [3.63, 3.8) is 0 Å². The number of aromatic nitrogens is 4. The van der Waals surface area contributed by atoms with Gasteiger partial charge in [0.1, 0.15) is 17.7 Å². The summed E-state index contributed by atoms with van der Waals surface area (Å²) in [6, 6.07) is 0. The summed E-state index contributed by atoms with van der Waals surface area (Å²) in [7, 11) is 0. The van der Waals surface area contributed by atoms with E-state index < -0.39 is 0 Å². The number of amides is 1. The molecule has 3 aromatic heterocycles. The van der Waals surface area contributed by atoms with Gasteiger partial charge in [-0.3, -0.25) is 4.79 Å². The fourth-order valence-electron chi connectivity index (χ4n) is 3.77. The molecule has 0 aliphatic heterocycles. The largest absolute Gasteiger partial charge is 0.352 e. The second-order valence-corrected chi connectivity index (χ2v) is 8.06. The van der Waals surface area contributed by atoms with Crippen LogP contribution in [0.15, 0.2) is 11.1 Å². The SMILES string of the molecule is CCN(CC)C(=O)Cn1nc2c3c4c(sc3ncn2c1=O)C[C@H](C)CC4. The highest BCUT2D eigenvalue weighted by molar-refractivity contribution is 7.19. The molecule has 0 radical (unpaired) electrons. The average molecular weight is 373 g/mol. The number of rotatable bonds is 4. The molecule has 26 heavy (non-hydrogen) atoms. The summed E-state index contributed by atoms with van der Waals surface area (Å²) in [5.41, 5.74) is 1.60. The summed E-state index contributed by atoms with van der Waals surface area (Å²) in [4.78, 5) is 33.6. The van der Waals surface area contributed by atoms with Crippen LogP contribution in [0.2, 0.25) is 0 Å². The highest BCUT2D eigenvalue weighted by atomic mass is 32.1. The second-order valence-electron chi connectivity index (χ2n) is 6.98. The molecule has 4 rings (SSSR count). The zero-order valence-electron chi connectivity index (χ0n) is 15.4. The predicted octanol–water partition coefficient (Wildman–Crippen LogP) is 2.10. The van der Waals surface area contributed by atoms with Gasteiger partial charge in [0.15, 0.2) is 5.65 Å².